The van der Waals surface area contributed by atoms with Crippen LogP contribution in [0.2, 0.25) is 0 Å². The molecule has 1 aromatic carbocycles. The van der Waals surface area contributed by atoms with E-state index in [4.69, 9.17) is 4.52 Å². The molecule has 2 aromatic rings. The highest BCUT2D eigenvalue weighted by Crippen LogP contribution is 2.31. The lowest BCUT2D eigenvalue weighted by Crippen LogP contribution is -2.41. The van der Waals surface area contributed by atoms with E-state index in [9.17, 15) is 22.8 Å². The molecule has 2 heterocycles. The summed E-state index contributed by atoms with van der Waals surface area (Å²) >= 11 is 0. The average Bonchev–Trinajstić information content (AvgIpc) is 3.25. The summed E-state index contributed by atoms with van der Waals surface area (Å²) in [5.41, 5.74) is 1.18. The average molecular weight is 393 g/mol. The van der Waals surface area contributed by atoms with Crippen LogP contribution in [0.4, 0.5) is 18.9 Å². The molecule has 2 amide bonds. The number of hydrogen-bond acceptors (Lipinski definition) is 4. The van der Waals surface area contributed by atoms with Crippen LogP contribution in [-0.2, 0) is 23.8 Å². The molecule has 1 saturated heterocycles. The first-order chi connectivity index (χ1) is 13.3. The van der Waals surface area contributed by atoms with E-state index in [0.29, 0.717) is 18.7 Å². The van der Waals surface area contributed by atoms with E-state index in [0.717, 1.165) is 49.1 Å². The SMILES string of the molecule is O=C(NC1CCN(c2ccc(C(F)(F)F)cc2)C1=O)c1onc2c1CCCC2. The molecule has 1 aromatic heterocycles. The summed E-state index contributed by atoms with van der Waals surface area (Å²) in [6, 6.07) is 3.65. The Bertz CT molecular complexity index is 905. The molecule has 1 unspecified atom stereocenters. The van der Waals surface area contributed by atoms with Crippen molar-refractivity contribution in [2.24, 2.45) is 0 Å². The number of fused-ring (bicyclic) bond motifs is 1. The van der Waals surface area contributed by atoms with Crippen molar-refractivity contribution >= 4 is 17.5 Å². The highest BCUT2D eigenvalue weighted by molar-refractivity contribution is 6.03. The number of hydrogen-bond donors (Lipinski definition) is 1. The minimum Gasteiger partial charge on any atom is -0.350 e. The first-order valence-corrected chi connectivity index (χ1v) is 9.11. The largest absolute Gasteiger partial charge is 0.416 e. The predicted molar refractivity (Wildman–Crippen MR) is 92.8 cm³/mol. The fraction of sp³-hybridized carbons (Fsp3) is 0.421. The van der Waals surface area contributed by atoms with Gasteiger partial charge in [0.05, 0.1) is 11.3 Å². The number of halogens is 3. The van der Waals surface area contributed by atoms with Gasteiger partial charge in [0.25, 0.3) is 5.91 Å². The van der Waals surface area contributed by atoms with E-state index >= 15 is 0 Å². The molecule has 0 spiro atoms. The maximum atomic E-state index is 12.7. The number of anilines is 1. The number of nitrogens with one attached hydrogen (secondary N) is 1. The predicted octanol–water partition coefficient (Wildman–Crippen LogP) is 3.11. The van der Waals surface area contributed by atoms with Gasteiger partial charge in [0, 0.05) is 17.8 Å². The van der Waals surface area contributed by atoms with Crippen molar-refractivity contribution in [3.63, 3.8) is 0 Å². The van der Waals surface area contributed by atoms with E-state index in [1.54, 1.807) is 0 Å². The van der Waals surface area contributed by atoms with E-state index in [2.05, 4.69) is 10.5 Å². The zero-order valence-corrected chi connectivity index (χ0v) is 14.9. The minimum absolute atomic E-state index is 0.149. The third-order valence-corrected chi connectivity index (χ3v) is 5.18. The van der Waals surface area contributed by atoms with Crippen LogP contribution in [-0.4, -0.2) is 29.6 Å². The van der Waals surface area contributed by atoms with Crippen LogP contribution < -0.4 is 10.2 Å². The van der Waals surface area contributed by atoms with Gasteiger partial charge < -0.3 is 14.7 Å². The number of benzene rings is 1. The minimum atomic E-state index is -4.43. The number of carbonyl (C=O) groups excluding carboxylic acids is 2. The Hall–Kier alpha value is -2.84. The summed E-state index contributed by atoms with van der Waals surface area (Å²) in [5.74, 6) is -0.694. The molecule has 1 N–H and O–H groups in total. The summed E-state index contributed by atoms with van der Waals surface area (Å²) in [4.78, 5) is 26.5. The van der Waals surface area contributed by atoms with Crippen LogP contribution in [0.3, 0.4) is 0 Å². The Morgan fingerprint density at radius 1 is 1.18 bits per heavy atom. The van der Waals surface area contributed by atoms with Crippen LogP contribution in [0.5, 0.6) is 0 Å². The Labute approximate surface area is 158 Å². The molecule has 4 rings (SSSR count). The molecule has 28 heavy (non-hydrogen) atoms. The standard InChI is InChI=1S/C19H18F3N3O3/c20-19(21,22)11-5-7-12(8-6-11)25-10-9-15(18(25)27)23-17(26)16-13-3-1-2-4-14(13)24-28-16/h5-8,15H,1-4,9-10H2,(H,23,26). The molecule has 9 heteroatoms. The highest BCUT2D eigenvalue weighted by atomic mass is 19.4. The number of aromatic nitrogens is 1. The smallest absolute Gasteiger partial charge is 0.350 e. The lowest BCUT2D eigenvalue weighted by molar-refractivity contribution is -0.137. The van der Waals surface area contributed by atoms with Crippen molar-refractivity contribution in [2.45, 2.75) is 44.3 Å². The van der Waals surface area contributed by atoms with Crippen molar-refractivity contribution in [1.29, 1.82) is 0 Å². The van der Waals surface area contributed by atoms with Crippen molar-refractivity contribution < 1.29 is 27.3 Å². The number of rotatable bonds is 3. The van der Waals surface area contributed by atoms with Gasteiger partial charge >= 0.3 is 6.18 Å². The van der Waals surface area contributed by atoms with Crippen LogP contribution >= 0.6 is 0 Å². The van der Waals surface area contributed by atoms with E-state index < -0.39 is 23.7 Å². The lowest BCUT2D eigenvalue weighted by atomic mass is 9.96. The number of carbonyl (C=O) groups is 2. The quantitative estimate of drug-likeness (QED) is 0.870. The molecule has 0 bridgehead atoms. The fourth-order valence-corrected chi connectivity index (χ4v) is 3.69. The Morgan fingerprint density at radius 3 is 2.61 bits per heavy atom. The summed E-state index contributed by atoms with van der Waals surface area (Å²) in [7, 11) is 0. The highest BCUT2D eigenvalue weighted by Gasteiger charge is 2.36. The van der Waals surface area contributed by atoms with Gasteiger partial charge in [-0.2, -0.15) is 13.2 Å². The van der Waals surface area contributed by atoms with Gasteiger partial charge in [-0.1, -0.05) is 5.16 Å². The van der Waals surface area contributed by atoms with Gasteiger partial charge in [0.2, 0.25) is 11.7 Å². The monoisotopic (exact) mass is 393 g/mol. The molecule has 148 valence electrons. The molecule has 6 nitrogen and oxygen atoms in total. The molecule has 1 aliphatic carbocycles. The lowest BCUT2D eigenvalue weighted by Gasteiger charge is -2.18. The Kier molecular flexibility index (Phi) is 4.60. The van der Waals surface area contributed by atoms with Gasteiger partial charge in [0.15, 0.2) is 0 Å². The summed E-state index contributed by atoms with van der Waals surface area (Å²) in [6.07, 6.45) is -0.613. The number of aryl methyl sites for hydroxylation is 1. The van der Waals surface area contributed by atoms with Gasteiger partial charge in [-0.15, -0.1) is 0 Å². The van der Waals surface area contributed by atoms with E-state index in [-0.39, 0.29) is 11.7 Å². The normalized spacial score (nSPS) is 19.6. The first kappa shape index (κ1) is 18.5. The maximum absolute atomic E-state index is 12.7. The fourth-order valence-electron chi connectivity index (χ4n) is 3.69. The summed E-state index contributed by atoms with van der Waals surface area (Å²) in [5, 5.41) is 6.61. The van der Waals surface area contributed by atoms with Gasteiger partial charge in [-0.25, -0.2) is 0 Å². The third kappa shape index (κ3) is 3.36. The van der Waals surface area contributed by atoms with Crippen LogP contribution in [0.25, 0.3) is 0 Å². The second kappa shape index (κ2) is 6.96. The van der Waals surface area contributed by atoms with Gasteiger partial charge in [-0.3, -0.25) is 9.59 Å². The van der Waals surface area contributed by atoms with Crippen LogP contribution in [0.15, 0.2) is 28.8 Å². The zero-order valence-electron chi connectivity index (χ0n) is 14.9. The number of alkyl halides is 3. The first-order valence-electron chi connectivity index (χ1n) is 9.11. The molecule has 1 aliphatic heterocycles. The molecule has 1 fully saturated rings. The number of nitrogens with zero attached hydrogens (tertiary/aromatic N) is 2. The molecular formula is C19H18F3N3O3. The zero-order chi connectivity index (χ0) is 19.9. The van der Waals surface area contributed by atoms with Crippen LogP contribution in [0, 0.1) is 0 Å². The second-order valence-electron chi connectivity index (χ2n) is 6.99. The van der Waals surface area contributed by atoms with Gasteiger partial charge in [0.1, 0.15) is 6.04 Å². The van der Waals surface area contributed by atoms with Crippen LogP contribution in [0.1, 0.15) is 46.6 Å². The maximum Gasteiger partial charge on any atom is 0.416 e. The summed E-state index contributed by atoms with van der Waals surface area (Å²) < 4.78 is 43.3. The summed E-state index contributed by atoms with van der Waals surface area (Å²) in [6.45, 7) is 0.309. The van der Waals surface area contributed by atoms with Crippen molar-refractivity contribution in [2.75, 3.05) is 11.4 Å². The topological polar surface area (TPSA) is 75.4 Å². The van der Waals surface area contributed by atoms with Gasteiger partial charge in [-0.05, 0) is 56.4 Å². The van der Waals surface area contributed by atoms with E-state index in [1.165, 1.54) is 17.0 Å². The molecule has 0 saturated carbocycles. The Morgan fingerprint density at radius 2 is 1.89 bits per heavy atom. The third-order valence-electron chi connectivity index (χ3n) is 5.18. The van der Waals surface area contributed by atoms with Crippen molar-refractivity contribution in [3.8, 4) is 0 Å². The Balaban J connectivity index is 1.44. The van der Waals surface area contributed by atoms with Crippen molar-refractivity contribution in [1.82, 2.24) is 10.5 Å². The number of amides is 2. The molecule has 2 aliphatic rings. The van der Waals surface area contributed by atoms with E-state index in [1.807, 2.05) is 0 Å². The second-order valence-corrected chi connectivity index (χ2v) is 6.99. The molecular weight excluding hydrogens is 375 g/mol. The molecule has 0 radical (unpaired) electrons. The molecule has 1 atom stereocenters. The van der Waals surface area contributed by atoms with Crippen molar-refractivity contribution in [3.05, 3.63) is 46.8 Å².